The number of sulfonamides is 1. The summed E-state index contributed by atoms with van der Waals surface area (Å²) in [5.74, 6) is -0.143. The zero-order chi connectivity index (χ0) is 9.61. The Morgan fingerprint density at radius 1 is 1.42 bits per heavy atom. The second kappa shape index (κ2) is 5.10. The van der Waals surface area contributed by atoms with Crippen LogP contribution in [0.25, 0.3) is 0 Å². The van der Waals surface area contributed by atoms with Crippen LogP contribution in [0.1, 0.15) is 20.3 Å². The van der Waals surface area contributed by atoms with Gasteiger partial charge in [0.05, 0.1) is 12.4 Å². The van der Waals surface area contributed by atoms with E-state index in [1.54, 1.807) is 0 Å². The lowest BCUT2D eigenvalue weighted by atomic mass is 10.5. The van der Waals surface area contributed by atoms with Gasteiger partial charge in [-0.2, -0.15) is 0 Å². The Morgan fingerprint density at radius 2 is 2.00 bits per heavy atom. The zero-order valence-corrected chi connectivity index (χ0v) is 8.00. The van der Waals surface area contributed by atoms with Crippen molar-refractivity contribution in [3.05, 3.63) is 0 Å². The number of amides is 1. The first-order valence-electron chi connectivity index (χ1n) is 3.68. The first-order valence-corrected chi connectivity index (χ1v) is 5.29. The van der Waals surface area contributed by atoms with Crippen molar-refractivity contribution in [1.82, 2.24) is 4.47 Å². The highest BCUT2D eigenvalue weighted by Gasteiger charge is 2.17. The minimum Gasteiger partial charge on any atom is -0.275 e. The summed E-state index contributed by atoms with van der Waals surface area (Å²) in [5.41, 5.74) is 0. The first-order chi connectivity index (χ1) is 5.58. The average molecular weight is 195 g/mol. The summed E-state index contributed by atoms with van der Waals surface area (Å²) >= 11 is 0. The SMILES string of the molecule is CCCON(C=O)S(=O)(=O)CC. The second-order valence-electron chi connectivity index (χ2n) is 2.09. The molecule has 0 aliphatic rings. The summed E-state index contributed by atoms with van der Waals surface area (Å²) in [5, 5.41) is 0. The molecule has 72 valence electrons. The molecule has 0 heterocycles. The molecule has 0 aromatic heterocycles. The number of carbonyl (C=O) groups is 1. The van der Waals surface area contributed by atoms with E-state index < -0.39 is 10.0 Å². The van der Waals surface area contributed by atoms with Crippen LogP contribution in [0.2, 0.25) is 0 Å². The Balaban J connectivity index is 4.25. The van der Waals surface area contributed by atoms with Crippen molar-refractivity contribution in [3.63, 3.8) is 0 Å². The molecule has 0 bridgehead atoms. The summed E-state index contributed by atoms with van der Waals surface area (Å²) < 4.78 is 22.4. The number of hydrogen-bond acceptors (Lipinski definition) is 4. The van der Waals surface area contributed by atoms with Gasteiger partial charge in [-0.1, -0.05) is 6.92 Å². The van der Waals surface area contributed by atoms with E-state index in [0.29, 0.717) is 10.9 Å². The minimum atomic E-state index is -3.54. The summed E-state index contributed by atoms with van der Waals surface area (Å²) in [6.45, 7) is 3.49. The molecule has 0 spiro atoms. The molecule has 0 fully saturated rings. The van der Waals surface area contributed by atoms with Gasteiger partial charge < -0.3 is 0 Å². The topological polar surface area (TPSA) is 63.7 Å². The molecular formula is C6H13NO4S. The van der Waals surface area contributed by atoms with Crippen LogP contribution in [0.5, 0.6) is 0 Å². The zero-order valence-electron chi connectivity index (χ0n) is 7.19. The van der Waals surface area contributed by atoms with Gasteiger partial charge in [0.25, 0.3) is 10.0 Å². The van der Waals surface area contributed by atoms with Crippen LogP contribution in [0, 0.1) is 0 Å². The molecule has 0 aliphatic heterocycles. The number of carbonyl (C=O) groups excluding carboxylic acids is 1. The van der Waals surface area contributed by atoms with Gasteiger partial charge in [-0.3, -0.25) is 9.63 Å². The molecule has 0 radical (unpaired) electrons. The standard InChI is InChI=1S/C6H13NO4S/c1-3-5-11-7(6-8)12(9,10)4-2/h6H,3-5H2,1-2H3. The lowest BCUT2D eigenvalue weighted by Gasteiger charge is -2.14. The van der Waals surface area contributed by atoms with Gasteiger partial charge in [-0.25, -0.2) is 8.42 Å². The molecular weight excluding hydrogens is 182 g/mol. The van der Waals surface area contributed by atoms with E-state index >= 15 is 0 Å². The summed E-state index contributed by atoms with van der Waals surface area (Å²) in [4.78, 5) is 14.9. The highest BCUT2D eigenvalue weighted by atomic mass is 32.2. The second-order valence-corrected chi connectivity index (χ2v) is 4.20. The van der Waals surface area contributed by atoms with Gasteiger partial charge in [0.2, 0.25) is 6.41 Å². The first kappa shape index (κ1) is 11.4. The van der Waals surface area contributed by atoms with E-state index in [1.165, 1.54) is 6.92 Å². The number of nitrogens with zero attached hydrogens (tertiary/aromatic N) is 1. The third kappa shape index (κ3) is 3.19. The van der Waals surface area contributed by atoms with Crippen molar-refractivity contribution in [3.8, 4) is 0 Å². The molecule has 0 aromatic rings. The van der Waals surface area contributed by atoms with Crippen LogP contribution in [0.3, 0.4) is 0 Å². The van der Waals surface area contributed by atoms with Gasteiger partial charge in [0, 0.05) is 0 Å². The van der Waals surface area contributed by atoms with Gasteiger partial charge in [0.15, 0.2) is 0 Å². The summed E-state index contributed by atoms with van der Waals surface area (Å²) in [7, 11) is -3.54. The Kier molecular flexibility index (Phi) is 4.84. The fraction of sp³-hybridized carbons (Fsp3) is 0.833. The minimum absolute atomic E-state index is 0.143. The van der Waals surface area contributed by atoms with E-state index in [2.05, 4.69) is 4.84 Å². The molecule has 0 N–H and O–H groups in total. The molecule has 0 unspecified atom stereocenters. The monoisotopic (exact) mass is 195 g/mol. The van der Waals surface area contributed by atoms with Crippen LogP contribution < -0.4 is 0 Å². The third-order valence-corrected chi connectivity index (χ3v) is 2.62. The van der Waals surface area contributed by atoms with Crippen LogP contribution in [-0.4, -0.2) is 31.7 Å². The number of hydroxylamine groups is 1. The fourth-order valence-corrected chi connectivity index (χ4v) is 1.11. The largest absolute Gasteiger partial charge is 0.275 e. The van der Waals surface area contributed by atoms with Crippen molar-refractivity contribution >= 4 is 16.4 Å². The Bertz CT molecular complexity index is 224. The molecule has 6 heteroatoms. The average Bonchev–Trinajstić information content (AvgIpc) is 2.05. The van der Waals surface area contributed by atoms with Crippen molar-refractivity contribution < 1.29 is 18.0 Å². The third-order valence-electron chi connectivity index (χ3n) is 1.15. The van der Waals surface area contributed by atoms with Gasteiger partial charge in [-0.05, 0) is 13.3 Å². The summed E-state index contributed by atoms with van der Waals surface area (Å²) in [6.07, 6.45) is 0.818. The van der Waals surface area contributed by atoms with Crippen LogP contribution in [0.15, 0.2) is 0 Å². The van der Waals surface area contributed by atoms with Gasteiger partial charge >= 0.3 is 0 Å². The van der Waals surface area contributed by atoms with Gasteiger partial charge in [-0.15, -0.1) is 4.47 Å². The summed E-state index contributed by atoms with van der Waals surface area (Å²) in [6, 6.07) is 0. The molecule has 0 rings (SSSR count). The van der Waals surface area contributed by atoms with Crippen LogP contribution in [-0.2, 0) is 19.7 Å². The number of hydrogen-bond donors (Lipinski definition) is 0. The smallest absolute Gasteiger partial charge is 0.259 e. The predicted octanol–water partition coefficient (Wildman–Crippen LogP) is 0.136. The highest BCUT2D eigenvalue weighted by Crippen LogP contribution is 1.99. The molecule has 5 nitrogen and oxygen atoms in total. The van der Waals surface area contributed by atoms with E-state index in [1.807, 2.05) is 6.92 Å². The van der Waals surface area contributed by atoms with E-state index in [0.717, 1.165) is 0 Å². The molecule has 0 atom stereocenters. The van der Waals surface area contributed by atoms with E-state index in [9.17, 15) is 13.2 Å². The Labute approximate surface area is 72.3 Å². The molecule has 12 heavy (non-hydrogen) atoms. The molecule has 0 saturated heterocycles. The van der Waals surface area contributed by atoms with E-state index in [4.69, 9.17) is 0 Å². The van der Waals surface area contributed by atoms with Crippen molar-refractivity contribution in [2.24, 2.45) is 0 Å². The lowest BCUT2D eigenvalue weighted by molar-refractivity contribution is -0.143. The van der Waals surface area contributed by atoms with Crippen LogP contribution in [0.4, 0.5) is 0 Å². The van der Waals surface area contributed by atoms with Crippen LogP contribution >= 0.6 is 0 Å². The maximum absolute atomic E-state index is 11.0. The van der Waals surface area contributed by atoms with Crippen molar-refractivity contribution in [1.29, 1.82) is 0 Å². The van der Waals surface area contributed by atoms with Crippen molar-refractivity contribution in [2.75, 3.05) is 12.4 Å². The fourth-order valence-electron chi connectivity index (χ4n) is 0.485. The quantitative estimate of drug-likeness (QED) is 0.446. The maximum Gasteiger partial charge on any atom is 0.259 e. The van der Waals surface area contributed by atoms with E-state index in [-0.39, 0.29) is 18.8 Å². The molecule has 1 amide bonds. The normalized spacial score (nSPS) is 11.2. The Morgan fingerprint density at radius 3 is 2.33 bits per heavy atom. The maximum atomic E-state index is 11.0. The molecule has 0 aromatic carbocycles. The van der Waals surface area contributed by atoms with Crippen molar-refractivity contribution in [2.45, 2.75) is 20.3 Å². The molecule has 0 saturated carbocycles. The highest BCUT2D eigenvalue weighted by molar-refractivity contribution is 7.89. The van der Waals surface area contributed by atoms with Gasteiger partial charge in [0.1, 0.15) is 0 Å². The predicted molar refractivity (Wildman–Crippen MR) is 43.6 cm³/mol. The number of rotatable bonds is 6. The Hall–Kier alpha value is -0.620. The lowest BCUT2D eigenvalue weighted by Crippen LogP contribution is -2.31. The molecule has 0 aliphatic carbocycles.